The molecule has 2 heterocycles. The second kappa shape index (κ2) is 7.77. The van der Waals surface area contributed by atoms with Crippen molar-refractivity contribution < 1.29 is 22.4 Å². The maximum atomic E-state index is 13.7. The minimum absolute atomic E-state index is 0.0468. The molecule has 0 atom stereocenters. The molecule has 4 nitrogen and oxygen atoms in total. The number of carbonyl (C=O) groups is 1. The third kappa shape index (κ3) is 4.05. The van der Waals surface area contributed by atoms with E-state index in [0.29, 0.717) is 16.9 Å². The smallest absolute Gasteiger partial charge is 0.298 e. The Hall–Kier alpha value is -2.85. The van der Waals surface area contributed by atoms with Gasteiger partial charge in [0.05, 0.1) is 21.5 Å². The summed E-state index contributed by atoms with van der Waals surface area (Å²) in [5.74, 6) is -1.18. The summed E-state index contributed by atoms with van der Waals surface area (Å²) in [5.41, 5.74) is -0.252. The summed E-state index contributed by atoms with van der Waals surface area (Å²) in [6.45, 7) is 0. The first-order valence-electron chi connectivity index (χ1n) is 8.43. The van der Waals surface area contributed by atoms with Gasteiger partial charge in [-0.05, 0) is 40.2 Å². The van der Waals surface area contributed by atoms with Crippen LogP contribution in [0.2, 0.25) is 0 Å². The van der Waals surface area contributed by atoms with Crippen LogP contribution in [0.1, 0.15) is 15.9 Å². The number of amides is 1. The number of rotatable bonds is 3. The van der Waals surface area contributed by atoms with E-state index < -0.39 is 23.5 Å². The molecule has 2 aromatic carbocycles. The standard InChI is InChI=1S/C20H10BrF4N3OS/c21-14-8-11(22)6-7-12(14)18(29)28-19-27-17-16(30-19)13(20(23,24)25)9-15(26-17)10-4-2-1-3-5-10/h1-9H,(H,26,27,28,29). The largest absolute Gasteiger partial charge is 0.417 e. The maximum Gasteiger partial charge on any atom is 0.417 e. The van der Waals surface area contributed by atoms with Crippen LogP contribution < -0.4 is 5.32 Å². The van der Waals surface area contributed by atoms with Crippen LogP contribution in [-0.2, 0) is 6.18 Å². The highest BCUT2D eigenvalue weighted by Crippen LogP contribution is 2.40. The first-order chi connectivity index (χ1) is 14.2. The van der Waals surface area contributed by atoms with Crippen molar-refractivity contribution in [1.29, 1.82) is 0 Å². The van der Waals surface area contributed by atoms with Crippen LogP contribution in [-0.4, -0.2) is 15.9 Å². The molecular formula is C20H10BrF4N3OS. The quantitative estimate of drug-likeness (QED) is 0.328. The fourth-order valence-corrected chi connectivity index (χ4v) is 4.24. The zero-order valence-electron chi connectivity index (χ0n) is 14.8. The molecule has 0 spiro atoms. The number of alkyl halides is 3. The Morgan fingerprint density at radius 1 is 1.03 bits per heavy atom. The van der Waals surface area contributed by atoms with Gasteiger partial charge in [0, 0.05) is 10.0 Å². The Bertz CT molecular complexity index is 1260. The van der Waals surface area contributed by atoms with E-state index in [2.05, 4.69) is 31.2 Å². The fraction of sp³-hybridized carbons (Fsp3) is 0.0500. The van der Waals surface area contributed by atoms with E-state index in [1.807, 2.05) is 0 Å². The number of halogens is 5. The maximum absolute atomic E-state index is 13.7. The summed E-state index contributed by atoms with van der Waals surface area (Å²) in [6.07, 6.45) is -4.63. The minimum atomic E-state index is -4.63. The van der Waals surface area contributed by atoms with Crippen LogP contribution in [0.3, 0.4) is 0 Å². The van der Waals surface area contributed by atoms with E-state index in [1.54, 1.807) is 30.3 Å². The molecule has 0 unspecified atom stereocenters. The molecule has 0 fully saturated rings. The molecule has 0 saturated carbocycles. The highest BCUT2D eigenvalue weighted by Gasteiger charge is 2.35. The van der Waals surface area contributed by atoms with Crippen LogP contribution >= 0.6 is 27.3 Å². The molecule has 1 amide bonds. The number of nitrogens with one attached hydrogen (secondary N) is 1. The number of anilines is 1. The van der Waals surface area contributed by atoms with Gasteiger partial charge in [-0.15, -0.1) is 0 Å². The monoisotopic (exact) mass is 495 g/mol. The van der Waals surface area contributed by atoms with Crippen molar-refractivity contribution in [3.8, 4) is 11.3 Å². The van der Waals surface area contributed by atoms with E-state index in [9.17, 15) is 22.4 Å². The highest BCUT2D eigenvalue weighted by atomic mass is 79.9. The van der Waals surface area contributed by atoms with Gasteiger partial charge in [-0.25, -0.2) is 9.37 Å². The second-order valence-corrected chi connectivity index (χ2v) is 8.02. The van der Waals surface area contributed by atoms with Crippen molar-refractivity contribution in [3.63, 3.8) is 0 Å². The predicted molar refractivity (Wildman–Crippen MR) is 110 cm³/mol. The van der Waals surface area contributed by atoms with E-state index in [4.69, 9.17) is 0 Å². The summed E-state index contributed by atoms with van der Waals surface area (Å²) in [7, 11) is 0. The van der Waals surface area contributed by atoms with Crippen LogP contribution in [0, 0.1) is 5.82 Å². The molecule has 2 aromatic heterocycles. The zero-order chi connectivity index (χ0) is 21.5. The molecule has 0 aliphatic rings. The fourth-order valence-electron chi connectivity index (χ4n) is 2.77. The average molecular weight is 496 g/mol. The predicted octanol–water partition coefficient (Wildman–Crippen LogP) is 6.53. The third-order valence-electron chi connectivity index (χ3n) is 4.13. The van der Waals surface area contributed by atoms with Crippen molar-refractivity contribution in [2.45, 2.75) is 6.18 Å². The molecule has 0 bridgehead atoms. The van der Waals surface area contributed by atoms with E-state index >= 15 is 0 Å². The molecule has 30 heavy (non-hydrogen) atoms. The molecular weight excluding hydrogens is 486 g/mol. The Balaban J connectivity index is 1.77. The first kappa shape index (κ1) is 20.4. The number of nitrogens with zero attached hydrogens (tertiary/aromatic N) is 2. The topological polar surface area (TPSA) is 54.9 Å². The average Bonchev–Trinajstić information content (AvgIpc) is 3.09. The van der Waals surface area contributed by atoms with E-state index in [1.165, 1.54) is 6.07 Å². The number of carbonyl (C=O) groups excluding carboxylic acids is 1. The lowest BCUT2D eigenvalue weighted by molar-refractivity contribution is -0.136. The van der Waals surface area contributed by atoms with Crippen molar-refractivity contribution >= 4 is 48.7 Å². The van der Waals surface area contributed by atoms with Crippen molar-refractivity contribution in [2.24, 2.45) is 0 Å². The Labute approximate surface area is 179 Å². The molecule has 1 N–H and O–H groups in total. The van der Waals surface area contributed by atoms with Gasteiger partial charge in [0.2, 0.25) is 0 Å². The van der Waals surface area contributed by atoms with Gasteiger partial charge >= 0.3 is 6.18 Å². The van der Waals surface area contributed by atoms with E-state index in [-0.39, 0.29) is 31.2 Å². The number of hydrogen-bond acceptors (Lipinski definition) is 4. The molecule has 152 valence electrons. The summed E-state index contributed by atoms with van der Waals surface area (Å²) in [6, 6.07) is 12.9. The summed E-state index contributed by atoms with van der Waals surface area (Å²) in [5, 5.41) is 2.41. The van der Waals surface area contributed by atoms with Gasteiger partial charge < -0.3 is 0 Å². The van der Waals surface area contributed by atoms with E-state index in [0.717, 1.165) is 18.2 Å². The highest BCUT2D eigenvalue weighted by molar-refractivity contribution is 9.10. The number of hydrogen-bond donors (Lipinski definition) is 1. The van der Waals surface area contributed by atoms with Gasteiger partial charge in [-0.2, -0.15) is 18.2 Å². The molecule has 0 aliphatic carbocycles. The molecule has 4 rings (SSSR count). The van der Waals surface area contributed by atoms with Crippen LogP contribution in [0.15, 0.2) is 59.1 Å². The van der Waals surface area contributed by atoms with Crippen LogP contribution in [0.5, 0.6) is 0 Å². The zero-order valence-corrected chi connectivity index (χ0v) is 17.2. The van der Waals surface area contributed by atoms with Gasteiger partial charge in [0.1, 0.15) is 5.82 Å². The lowest BCUT2D eigenvalue weighted by atomic mass is 10.1. The Morgan fingerprint density at radius 2 is 1.77 bits per heavy atom. The second-order valence-electron chi connectivity index (χ2n) is 6.17. The molecule has 0 saturated heterocycles. The minimum Gasteiger partial charge on any atom is -0.298 e. The Kier molecular flexibility index (Phi) is 5.29. The van der Waals surface area contributed by atoms with Gasteiger partial charge in [0.25, 0.3) is 5.91 Å². The van der Waals surface area contributed by atoms with Gasteiger partial charge in [-0.3, -0.25) is 10.1 Å². The normalized spacial score (nSPS) is 11.6. The number of aromatic nitrogens is 2. The number of fused-ring (bicyclic) bond motifs is 1. The molecule has 4 aromatic rings. The summed E-state index contributed by atoms with van der Waals surface area (Å²) in [4.78, 5) is 20.8. The summed E-state index contributed by atoms with van der Waals surface area (Å²) < 4.78 is 54.2. The SMILES string of the molecule is O=C(Nc1nc2nc(-c3ccccc3)cc(C(F)(F)F)c2s1)c1ccc(F)cc1Br. The Morgan fingerprint density at radius 3 is 2.43 bits per heavy atom. The molecule has 0 radical (unpaired) electrons. The number of benzene rings is 2. The molecule has 0 aliphatic heterocycles. The molecule has 10 heteroatoms. The number of pyridine rings is 1. The van der Waals surface area contributed by atoms with Crippen LogP contribution in [0.4, 0.5) is 22.7 Å². The lowest BCUT2D eigenvalue weighted by Gasteiger charge is -2.09. The first-order valence-corrected chi connectivity index (χ1v) is 10.0. The van der Waals surface area contributed by atoms with Gasteiger partial charge in [0.15, 0.2) is 10.8 Å². The van der Waals surface area contributed by atoms with Crippen molar-refractivity contribution in [1.82, 2.24) is 9.97 Å². The van der Waals surface area contributed by atoms with Crippen LogP contribution in [0.25, 0.3) is 21.6 Å². The third-order valence-corrected chi connectivity index (χ3v) is 5.78. The van der Waals surface area contributed by atoms with Crippen molar-refractivity contribution in [2.75, 3.05) is 5.32 Å². The summed E-state index contributed by atoms with van der Waals surface area (Å²) >= 11 is 3.76. The number of thiazole rings is 1. The lowest BCUT2D eigenvalue weighted by Crippen LogP contribution is -2.12. The van der Waals surface area contributed by atoms with Gasteiger partial charge in [-0.1, -0.05) is 41.7 Å². The van der Waals surface area contributed by atoms with Crippen molar-refractivity contribution in [3.05, 3.63) is 76.0 Å².